The molecule has 232 valence electrons. The van der Waals surface area contributed by atoms with Gasteiger partial charge in [0.05, 0.1) is 22.9 Å². The van der Waals surface area contributed by atoms with Crippen molar-refractivity contribution in [2.45, 2.75) is 99.6 Å². The Hall–Kier alpha value is -2.49. The second-order valence-corrected chi connectivity index (χ2v) is 15.0. The van der Waals surface area contributed by atoms with E-state index in [2.05, 4.69) is 107 Å². The van der Waals surface area contributed by atoms with Gasteiger partial charge in [-0.15, -0.1) is 11.3 Å². The van der Waals surface area contributed by atoms with Crippen LogP contribution >= 0.6 is 19.3 Å². The van der Waals surface area contributed by atoms with Crippen molar-refractivity contribution in [3.8, 4) is 11.3 Å². The van der Waals surface area contributed by atoms with Gasteiger partial charge in [0.25, 0.3) is 0 Å². The lowest BCUT2D eigenvalue weighted by atomic mass is 9.95. The lowest BCUT2D eigenvalue weighted by Crippen LogP contribution is -2.19. The van der Waals surface area contributed by atoms with E-state index in [9.17, 15) is 0 Å². The van der Waals surface area contributed by atoms with Crippen LogP contribution in [0.1, 0.15) is 98.2 Å². The maximum absolute atomic E-state index is 4.85. The van der Waals surface area contributed by atoms with Crippen LogP contribution in [0.25, 0.3) is 21.9 Å². The fourth-order valence-corrected chi connectivity index (χ4v) is 6.08. The molecule has 6 heteroatoms. The molecule has 2 aromatic heterocycles. The van der Waals surface area contributed by atoms with Crippen molar-refractivity contribution in [3.63, 3.8) is 0 Å². The topological polar surface area (TPSA) is 41.7 Å². The van der Waals surface area contributed by atoms with Gasteiger partial charge in [0.2, 0.25) is 0 Å². The summed E-state index contributed by atoms with van der Waals surface area (Å²) < 4.78 is 2.10. The Morgan fingerprint density at radius 3 is 2.38 bits per heavy atom. The third-order valence-electron chi connectivity index (χ3n) is 7.36. The highest BCUT2D eigenvalue weighted by atomic mass is 32.1. The number of hydrogen-bond acceptors (Lipinski definition) is 3. The van der Waals surface area contributed by atoms with Crippen molar-refractivity contribution in [2.75, 3.05) is 13.7 Å². The van der Waals surface area contributed by atoms with Crippen LogP contribution < -0.4 is 5.32 Å². The van der Waals surface area contributed by atoms with Crippen molar-refractivity contribution in [3.05, 3.63) is 77.7 Å². The van der Waals surface area contributed by atoms with Gasteiger partial charge in [-0.3, -0.25) is 9.39 Å². The average Bonchev–Trinajstić information content (AvgIpc) is 3.57. The van der Waals surface area contributed by atoms with Crippen LogP contribution in [-0.4, -0.2) is 34.6 Å². The predicted octanol–water partition coefficient (Wildman–Crippen LogP) is 11.6. The number of amidine groups is 1. The first-order valence-electron chi connectivity index (χ1n) is 15.5. The average molecular weight is 609 g/mol. The monoisotopic (exact) mass is 608 g/mol. The quantitative estimate of drug-likeness (QED) is 0.0962. The van der Waals surface area contributed by atoms with Crippen molar-refractivity contribution in [2.24, 2.45) is 10.9 Å². The number of thiazole rings is 1. The zero-order valence-electron chi connectivity index (χ0n) is 28.1. The molecule has 0 amide bonds. The number of hydrogen-bond donors (Lipinski definition) is 1. The maximum Gasteiger partial charge on any atom is 0.194 e. The first-order valence-corrected chi connectivity index (χ1v) is 18.2. The minimum atomic E-state index is 0.107. The van der Waals surface area contributed by atoms with Gasteiger partial charge in [-0.05, 0) is 51.2 Å². The fraction of sp³-hybridized carbons (Fsp3) is 0.500. The lowest BCUT2D eigenvalue weighted by molar-refractivity contribution is 0.417. The molecule has 0 aliphatic heterocycles. The fourth-order valence-electron chi connectivity index (χ4n) is 4.48. The number of allylic oxidation sites excluding steroid dienone is 3. The third-order valence-corrected chi connectivity index (χ3v) is 10.9. The Kier molecular flexibility index (Phi) is 18.3. The number of rotatable bonds is 12. The second kappa shape index (κ2) is 20.4. The van der Waals surface area contributed by atoms with Gasteiger partial charge < -0.3 is 5.32 Å². The number of aromatic nitrogens is 2. The molecule has 0 radical (unpaired) electrons. The van der Waals surface area contributed by atoms with E-state index in [0.717, 1.165) is 45.0 Å². The maximum atomic E-state index is 4.85. The first-order chi connectivity index (χ1) is 20.0. The number of imidazole rings is 1. The lowest BCUT2D eigenvalue weighted by Gasteiger charge is -2.14. The zero-order chi connectivity index (χ0) is 31.7. The number of aliphatic imine (C=N–C) groups is 1. The van der Waals surface area contributed by atoms with Crippen molar-refractivity contribution < 1.29 is 0 Å². The number of unbranched alkanes of at least 4 members (excludes halogenated alkanes) is 1. The molecule has 3 rings (SSSR count). The Morgan fingerprint density at radius 1 is 1.17 bits per heavy atom. The Bertz CT molecular complexity index is 1280. The summed E-state index contributed by atoms with van der Waals surface area (Å²) in [5, 5.41) is 6.76. The van der Waals surface area contributed by atoms with E-state index in [1.165, 1.54) is 49.4 Å². The number of benzene rings is 1. The molecule has 0 aliphatic rings. The van der Waals surface area contributed by atoms with Crippen molar-refractivity contribution in [1.29, 1.82) is 0 Å². The summed E-state index contributed by atoms with van der Waals surface area (Å²) in [6.07, 6.45) is 14.2. The molecule has 4 nitrogen and oxygen atoms in total. The van der Waals surface area contributed by atoms with Gasteiger partial charge >= 0.3 is 0 Å². The summed E-state index contributed by atoms with van der Waals surface area (Å²) in [5.74, 6) is 1.86. The summed E-state index contributed by atoms with van der Waals surface area (Å²) in [5.41, 5.74) is 6.01. The number of nitrogens with one attached hydrogen (secondary N) is 1. The van der Waals surface area contributed by atoms with Gasteiger partial charge in [-0.1, -0.05) is 129 Å². The standard InChI is InChI=1S/C19H20N4S.C10H22.C7H15P/c1-5-7-16(21-14(3)20-4)18-17(15-9-6-8-13(2)12-15)22-19-23(18)10-11-24-19;1-4-7-9-10(6-3)8-5-2;1-6(2)8(5)7(3)4/h5-12H,1H2,2-4H3,(H,20,21);10H,4-9H2,1-3H3;7H,1H2,2-5H3/b16-7-;;. The first kappa shape index (κ1) is 37.5. The number of nitrogens with zero attached hydrogens (tertiary/aromatic N) is 3. The molecule has 2 unspecified atom stereocenters. The van der Waals surface area contributed by atoms with Gasteiger partial charge in [0.1, 0.15) is 0 Å². The summed E-state index contributed by atoms with van der Waals surface area (Å²) in [7, 11) is 1.88. The van der Waals surface area contributed by atoms with Gasteiger partial charge in [-0.25, -0.2) is 4.98 Å². The van der Waals surface area contributed by atoms with Gasteiger partial charge in [0, 0.05) is 24.2 Å². The minimum absolute atomic E-state index is 0.107. The van der Waals surface area contributed by atoms with Crippen LogP contribution in [0.4, 0.5) is 0 Å². The molecule has 1 N–H and O–H groups in total. The zero-order valence-corrected chi connectivity index (χ0v) is 29.8. The molecule has 0 bridgehead atoms. The SMILES string of the molecule is C=C(C)P(C)C(C)C.C=C/C=C(\NC(C)=NC)c1c(-c2cccc(C)c2)nc2sccn12.CCCCC(CC)CCC. The van der Waals surface area contributed by atoms with Crippen LogP contribution in [0.2, 0.25) is 0 Å². The molecule has 0 aliphatic carbocycles. The normalized spacial score (nSPS) is 13.1. The predicted molar refractivity (Wildman–Crippen MR) is 195 cm³/mol. The van der Waals surface area contributed by atoms with E-state index in [1.807, 2.05) is 24.6 Å². The van der Waals surface area contributed by atoms with Crippen LogP contribution in [-0.2, 0) is 0 Å². The smallest absolute Gasteiger partial charge is 0.194 e. The number of aryl methyl sites for hydroxylation is 1. The van der Waals surface area contributed by atoms with E-state index < -0.39 is 0 Å². The summed E-state index contributed by atoms with van der Waals surface area (Å²) in [6.45, 7) is 27.6. The Balaban J connectivity index is 0.000000406. The molecule has 0 spiro atoms. The molecule has 0 saturated carbocycles. The molecule has 2 atom stereocenters. The van der Waals surface area contributed by atoms with Crippen molar-refractivity contribution in [1.82, 2.24) is 14.7 Å². The molecule has 2 heterocycles. The molecular formula is C36H57N4PS. The molecule has 0 saturated heterocycles. The van der Waals surface area contributed by atoms with E-state index >= 15 is 0 Å². The Labute approximate surface area is 262 Å². The van der Waals surface area contributed by atoms with Crippen LogP contribution in [0.5, 0.6) is 0 Å². The Morgan fingerprint density at radius 2 is 1.88 bits per heavy atom. The van der Waals surface area contributed by atoms with E-state index in [1.54, 1.807) is 24.5 Å². The van der Waals surface area contributed by atoms with Crippen LogP contribution in [0, 0.1) is 12.8 Å². The molecule has 0 fully saturated rings. The van der Waals surface area contributed by atoms with Crippen LogP contribution in [0.3, 0.4) is 0 Å². The van der Waals surface area contributed by atoms with Crippen LogP contribution in [0.15, 0.2) is 71.5 Å². The minimum Gasteiger partial charge on any atom is -0.343 e. The third kappa shape index (κ3) is 12.4. The highest BCUT2D eigenvalue weighted by molar-refractivity contribution is 7.61. The summed E-state index contributed by atoms with van der Waals surface area (Å²) in [6, 6.07) is 8.40. The van der Waals surface area contributed by atoms with Gasteiger partial charge in [-0.2, -0.15) is 0 Å². The second-order valence-electron chi connectivity index (χ2n) is 11.1. The summed E-state index contributed by atoms with van der Waals surface area (Å²) >= 11 is 1.62. The van der Waals surface area contributed by atoms with Crippen molar-refractivity contribution >= 4 is 35.8 Å². The highest BCUT2D eigenvalue weighted by Gasteiger charge is 2.19. The molecular weight excluding hydrogens is 551 g/mol. The molecule has 3 aromatic rings. The highest BCUT2D eigenvalue weighted by Crippen LogP contribution is 2.43. The summed E-state index contributed by atoms with van der Waals surface area (Å²) in [4.78, 5) is 10.0. The molecule has 1 aromatic carbocycles. The van der Waals surface area contributed by atoms with E-state index in [-0.39, 0.29) is 7.92 Å². The molecule has 42 heavy (non-hydrogen) atoms. The van der Waals surface area contributed by atoms with E-state index in [0.29, 0.717) is 0 Å². The van der Waals surface area contributed by atoms with E-state index in [4.69, 9.17) is 4.98 Å². The van der Waals surface area contributed by atoms with Gasteiger partial charge in [0.15, 0.2) is 4.96 Å². The largest absolute Gasteiger partial charge is 0.343 e. The number of fused-ring (bicyclic) bond motifs is 1.